The van der Waals surface area contributed by atoms with Gasteiger partial charge in [-0.15, -0.1) is 0 Å². The van der Waals surface area contributed by atoms with E-state index in [1.807, 2.05) is 22.6 Å². The average Bonchev–Trinajstić information content (AvgIpc) is 2.30. The van der Waals surface area contributed by atoms with Crippen LogP contribution < -0.4 is 10.9 Å². The van der Waals surface area contributed by atoms with Gasteiger partial charge in [0.15, 0.2) is 0 Å². The first-order chi connectivity index (χ1) is 8.06. The van der Waals surface area contributed by atoms with Crippen molar-refractivity contribution in [1.29, 1.82) is 0 Å². The lowest BCUT2D eigenvalue weighted by Gasteiger charge is -2.07. The van der Waals surface area contributed by atoms with E-state index in [0.29, 0.717) is 22.4 Å². The number of methoxy groups -OCH3 is 1. The van der Waals surface area contributed by atoms with Crippen LogP contribution in [0.1, 0.15) is 5.69 Å². The van der Waals surface area contributed by atoms with Crippen LogP contribution in [0.5, 0.6) is 0 Å². The molecule has 0 aromatic carbocycles. The van der Waals surface area contributed by atoms with Crippen LogP contribution in [0.3, 0.4) is 0 Å². The van der Waals surface area contributed by atoms with Crippen LogP contribution in [0.2, 0.25) is 0 Å². The van der Waals surface area contributed by atoms with Crippen LogP contribution in [0.15, 0.2) is 11.1 Å². The number of ether oxygens (including phenoxy) is 1. The maximum atomic E-state index is 11.8. The SMILES string of the molecule is COCCNC(=O)Cn1cnc(C)c(I)c1=O. The highest BCUT2D eigenvalue weighted by Gasteiger charge is 2.08. The zero-order chi connectivity index (χ0) is 12.8. The molecule has 1 aromatic heterocycles. The molecule has 0 aliphatic rings. The number of carbonyl (C=O) groups is 1. The minimum absolute atomic E-state index is 0.0220. The zero-order valence-electron chi connectivity index (χ0n) is 9.70. The van der Waals surface area contributed by atoms with Gasteiger partial charge in [0.05, 0.1) is 22.2 Å². The summed E-state index contributed by atoms with van der Waals surface area (Å²) in [4.78, 5) is 27.3. The van der Waals surface area contributed by atoms with Crippen LogP contribution in [-0.2, 0) is 16.1 Å². The van der Waals surface area contributed by atoms with Gasteiger partial charge < -0.3 is 10.1 Å². The van der Waals surface area contributed by atoms with Crippen LogP contribution in [0, 0.1) is 10.5 Å². The number of nitrogens with one attached hydrogen (secondary N) is 1. The van der Waals surface area contributed by atoms with E-state index in [4.69, 9.17) is 4.74 Å². The second kappa shape index (κ2) is 6.70. The molecule has 17 heavy (non-hydrogen) atoms. The number of hydrogen-bond donors (Lipinski definition) is 1. The van der Waals surface area contributed by atoms with Crippen molar-refractivity contribution >= 4 is 28.5 Å². The smallest absolute Gasteiger partial charge is 0.267 e. The van der Waals surface area contributed by atoms with Gasteiger partial charge in [-0.05, 0) is 29.5 Å². The molecule has 0 fully saturated rings. The monoisotopic (exact) mass is 351 g/mol. The molecule has 94 valence electrons. The Morgan fingerprint density at radius 3 is 3.00 bits per heavy atom. The van der Waals surface area contributed by atoms with Crippen LogP contribution in [-0.4, -0.2) is 35.7 Å². The molecule has 0 saturated carbocycles. The molecule has 0 spiro atoms. The van der Waals surface area contributed by atoms with E-state index in [2.05, 4.69) is 10.3 Å². The number of hydrogen-bond acceptors (Lipinski definition) is 4. The van der Waals surface area contributed by atoms with E-state index >= 15 is 0 Å². The second-order valence-corrected chi connectivity index (χ2v) is 4.50. The van der Waals surface area contributed by atoms with Crippen molar-refractivity contribution in [3.8, 4) is 0 Å². The van der Waals surface area contributed by atoms with Crippen LogP contribution in [0.4, 0.5) is 0 Å². The van der Waals surface area contributed by atoms with Gasteiger partial charge in [-0.3, -0.25) is 14.2 Å². The van der Waals surface area contributed by atoms with Crippen molar-refractivity contribution in [1.82, 2.24) is 14.9 Å². The highest BCUT2D eigenvalue weighted by atomic mass is 127. The van der Waals surface area contributed by atoms with Gasteiger partial charge in [0, 0.05) is 13.7 Å². The predicted molar refractivity (Wildman–Crippen MR) is 70.8 cm³/mol. The normalized spacial score (nSPS) is 10.3. The number of amides is 1. The molecule has 1 rings (SSSR count). The summed E-state index contributed by atoms with van der Waals surface area (Å²) in [6, 6.07) is 0. The van der Waals surface area contributed by atoms with Crippen molar-refractivity contribution < 1.29 is 9.53 Å². The molecule has 6 nitrogen and oxygen atoms in total. The van der Waals surface area contributed by atoms with Crippen LogP contribution in [0.25, 0.3) is 0 Å². The Morgan fingerprint density at radius 2 is 2.35 bits per heavy atom. The van der Waals surface area contributed by atoms with E-state index in [-0.39, 0.29) is 18.0 Å². The molecular formula is C10H14IN3O3. The Hall–Kier alpha value is -0.960. The minimum atomic E-state index is -0.231. The maximum absolute atomic E-state index is 11.8. The van der Waals surface area contributed by atoms with Gasteiger partial charge in [0.25, 0.3) is 5.56 Å². The Labute approximate surface area is 113 Å². The lowest BCUT2D eigenvalue weighted by Crippen LogP contribution is -2.35. The van der Waals surface area contributed by atoms with Gasteiger partial charge >= 0.3 is 0 Å². The number of rotatable bonds is 5. The summed E-state index contributed by atoms with van der Waals surface area (Å²) in [6.45, 7) is 2.61. The Bertz CT molecular complexity index is 459. The average molecular weight is 351 g/mol. The van der Waals surface area contributed by atoms with Crippen molar-refractivity contribution in [2.75, 3.05) is 20.3 Å². The summed E-state index contributed by atoms with van der Waals surface area (Å²) in [7, 11) is 1.56. The molecule has 0 aliphatic heterocycles. The Morgan fingerprint density at radius 1 is 1.65 bits per heavy atom. The summed E-state index contributed by atoms with van der Waals surface area (Å²) >= 11 is 1.93. The lowest BCUT2D eigenvalue weighted by molar-refractivity contribution is -0.121. The summed E-state index contributed by atoms with van der Waals surface area (Å²) in [5.74, 6) is -0.231. The molecule has 1 heterocycles. The highest BCUT2D eigenvalue weighted by molar-refractivity contribution is 14.1. The first kappa shape index (κ1) is 14.1. The fourth-order valence-corrected chi connectivity index (χ4v) is 1.61. The van der Waals surface area contributed by atoms with Gasteiger partial charge in [0.2, 0.25) is 5.91 Å². The van der Waals surface area contributed by atoms with Gasteiger partial charge in [-0.1, -0.05) is 0 Å². The first-order valence-electron chi connectivity index (χ1n) is 5.03. The maximum Gasteiger partial charge on any atom is 0.267 e. The molecule has 0 atom stereocenters. The van der Waals surface area contributed by atoms with E-state index < -0.39 is 0 Å². The van der Waals surface area contributed by atoms with Crippen molar-refractivity contribution in [3.63, 3.8) is 0 Å². The second-order valence-electron chi connectivity index (χ2n) is 3.42. The van der Waals surface area contributed by atoms with Crippen molar-refractivity contribution in [2.24, 2.45) is 0 Å². The van der Waals surface area contributed by atoms with Gasteiger partial charge in [-0.2, -0.15) is 0 Å². The number of aryl methyl sites for hydroxylation is 1. The number of aromatic nitrogens is 2. The third kappa shape index (κ3) is 4.08. The van der Waals surface area contributed by atoms with Crippen molar-refractivity contribution in [3.05, 3.63) is 25.9 Å². The molecule has 1 amide bonds. The molecular weight excluding hydrogens is 337 g/mol. The summed E-state index contributed by atoms with van der Waals surface area (Å²) in [5, 5.41) is 2.64. The molecule has 1 N–H and O–H groups in total. The third-order valence-electron chi connectivity index (χ3n) is 2.10. The molecule has 0 unspecified atom stereocenters. The van der Waals surface area contributed by atoms with E-state index in [9.17, 15) is 9.59 Å². The molecule has 0 saturated heterocycles. The molecule has 0 radical (unpaired) electrons. The van der Waals surface area contributed by atoms with Crippen molar-refractivity contribution in [2.45, 2.75) is 13.5 Å². The molecule has 0 aliphatic carbocycles. The molecule has 7 heteroatoms. The summed E-state index contributed by atoms with van der Waals surface area (Å²) in [6.07, 6.45) is 1.38. The minimum Gasteiger partial charge on any atom is -0.383 e. The third-order valence-corrected chi connectivity index (χ3v) is 3.34. The Kier molecular flexibility index (Phi) is 5.56. The highest BCUT2D eigenvalue weighted by Crippen LogP contribution is 2.00. The van der Waals surface area contributed by atoms with Crippen LogP contribution >= 0.6 is 22.6 Å². The van der Waals surface area contributed by atoms with E-state index in [1.54, 1.807) is 14.0 Å². The number of halogens is 1. The largest absolute Gasteiger partial charge is 0.383 e. The molecule has 0 bridgehead atoms. The summed E-state index contributed by atoms with van der Waals surface area (Å²) < 4.78 is 6.63. The fraction of sp³-hybridized carbons (Fsp3) is 0.500. The Balaban J connectivity index is 2.66. The summed E-state index contributed by atoms with van der Waals surface area (Å²) in [5.41, 5.74) is 0.478. The number of carbonyl (C=O) groups excluding carboxylic acids is 1. The van der Waals surface area contributed by atoms with Gasteiger partial charge in [-0.25, -0.2) is 4.98 Å². The lowest BCUT2D eigenvalue weighted by atomic mass is 10.4. The van der Waals surface area contributed by atoms with E-state index in [0.717, 1.165) is 0 Å². The molecule has 1 aromatic rings. The zero-order valence-corrected chi connectivity index (χ0v) is 11.9. The quantitative estimate of drug-likeness (QED) is 0.595. The predicted octanol–water partition coefficient (Wildman–Crippen LogP) is -0.0811. The van der Waals surface area contributed by atoms with E-state index in [1.165, 1.54) is 10.9 Å². The number of nitrogens with zero attached hydrogens (tertiary/aromatic N) is 2. The topological polar surface area (TPSA) is 73.2 Å². The first-order valence-corrected chi connectivity index (χ1v) is 6.11. The van der Waals surface area contributed by atoms with Gasteiger partial charge in [0.1, 0.15) is 6.54 Å². The standard InChI is InChI=1S/C10H14IN3O3/c1-7-9(11)10(16)14(6-13-7)5-8(15)12-3-4-17-2/h6H,3-5H2,1-2H3,(H,12,15). The fourth-order valence-electron chi connectivity index (χ4n) is 1.16.